The molecule has 1 heterocycles. The summed E-state index contributed by atoms with van der Waals surface area (Å²) in [6.07, 6.45) is -0.0607. The Labute approximate surface area is 182 Å². The van der Waals surface area contributed by atoms with Crippen LogP contribution in [0.4, 0.5) is 4.79 Å². The van der Waals surface area contributed by atoms with Crippen molar-refractivity contribution in [1.82, 2.24) is 9.80 Å². The van der Waals surface area contributed by atoms with Crippen LogP contribution in [0, 0.1) is 13.8 Å². The van der Waals surface area contributed by atoms with E-state index in [0.29, 0.717) is 49.5 Å². The van der Waals surface area contributed by atoms with Gasteiger partial charge in [-0.05, 0) is 74.7 Å². The highest BCUT2D eigenvalue weighted by Crippen LogP contribution is 2.17. The van der Waals surface area contributed by atoms with Gasteiger partial charge in [-0.25, -0.2) is 4.79 Å². The summed E-state index contributed by atoms with van der Waals surface area (Å²) in [5, 5.41) is 0. The Hall–Kier alpha value is -3.35. The second kappa shape index (κ2) is 10.1. The second-order valence-electron chi connectivity index (χ2n) is 7.55. The molecule has 0 spiro atoms. The van der Waals surface area contributed by atoms with Gasteiger partial charge in [0.15, 0.2) is 0 Å². The average Bonchev–Trinajstić information content (AvgIpc) is 3.02. The first kappa shape index (κ1) is 22.3. The molecule has 2 aromatic carbocycles. The summed E-state index contributed by atoms with van der Waals surface area (Å²) in [6, 6.07) is 12.1. The van der Waals surface area contributed by atoms with Gasteiger partial charge in [-0.2, -0.15) is 0 Å². The molecule has 0 N–H and O–H groups in total. The number of hydrogen-bond acceptors (Lipinski definition) is 5. The molecule has 164 valence electrons. The summed E-state index contributed by atoms with van der Waals surface area (Å²) in [5.41, 5.74) is 3.43. The van der Waals surface area contributed by atoms with Gasteiger partial charge in [-0.3, -0.25) is 9.59 Å². The fourth-order valence-corrected chi connectivity index (χ4v) is 3.47. The summed E-state index contributed by atoms with van der Waals surface area (Å²) < 4.78 is 9.76. The third kappa shape index (κ3) is 5.63. The van der Waals surface area contributed by atoms with Crippen LogP contribution in [0.1, 0.15) is 45.2 Å². The Morgan fingerprint density at radius 3 is 1.97 bits per heavy atom. The lowest BCUT2D eigenvalue weighted by atomic mass is 10.1. The van der Waals surface area contributed by atoms with Crippen LogP contribution >= 0.6 is 0 Å². The summed E-state index contributed by atoms with van der Waals surface area (Å²) in [6.45, 7) is 8.09. The highest BCUT2D eigenvalue weighted by atomic mass is 16.7. The Bertz CT molecular complexity index is 955. The van der Waals surface area contributed by atoms with Crippen molar-refractivity contribution in [3.05, 3.63) is 64.7 Å². The first-order valence-corrected chi connectivity index (χ1v) is 10.5. The van der Waals surface area contributed by atoms with Crippen LogP contribution < -0.4 is 4.74 Å². The van der Waals surface area contributed by atoms with E-state index < -0.39 is 6.16 Å². The molecule has 31 heavy (non-hydrogen) atoms. The highest BCUT2D eigenvalue weighted by molar-refractivity contribution is 5.95. The summed E-state index contributed by atoms with van der Waals surface area (Å²) >= 11 is 0. The Balaban J connectivity index is 1.61. The van der Waals surface area contributed by atoms with E-state index in [4.69, 9.17) is 9.47 Å². The first-order chi connectivity index (χ1) is 14.9. The van der Waals surface area contributed by atoms with Crippen molar-refractivity contribution in [1.29, 1.82) is 0 Å². The molecule has 2 amide bonds. The van der Waals surface area contributed by atoms with Crippen molar-refractivity contribution in [3.63, 3.8) is 0 Å². The minimum absolute atomic E-state index is 0.00198. The molecule has 7 heteroatoms. The molecule has 3 rings (SSSR count). The van der Waals surface area contributed by atoms with Gasteiger partial charge in [0.05, 0.1) is 6.61 Å². The largest absolute Gasteiger partial charge is 0.513 e. The Morgan fingerprint density at radius 1 is 0.806 bits per heavy atom. The maximum atomic E-state index is 12.9. The molecule has 1 aliphatic heterocycles. The predicted octanol–water partition coefficient (Wildman–Crippen LogP) is 3.83. The lowest BCUT2D eigenvalue weighted by Crippen LogP contribution is -2.37. The second-order valence-corrected chi connectivity index (χ2v) is 7.55. The van der Waals surface area contributed by atoms with E-state index in [1.54, 1.807) is 36.1 Å². The summed E-state index contributed by atoms with van der Waals surface area (Å²) in [4.78, 5) is 40.8. The van der Waals surface area contributed by atoms with Crippen LogP contribution in [-0.4, -0.2) is 60.6 Å². The van der Waals surface area contributed by atoms with Gasteiger partial charge in [0.25, 0.3) is 11.8 Å². The van der Waals surface area contributed by atoms with Gasteiger partial charge in [0, 0.05) is 37.3 Å². The SMILES string of the molecule is CCOC(=O)Oc1ccc(C(=O)N2CCCN(C(=O)c3ccc(C)c(C)c3)CC2)cc1. The van der Waals surface area contributed by atoms with Crippen LogP contribution in [-0.2, 0) is 4.74 Å². The molecule has 7 nitrogen and oxygen atoms in total. The molecule has 0 radical (unpaired) electrons. The quantitative estimate of drug-likeness (QED) is 0.551. The molecule has 0 atom stereocenters. The zero-order valence-corrected chi connectivity index (χ0v) is 18.2. The maximum absolute atomic E-state index is 12.9. The van der Waals surface area contributed by atoms with Crippen molar-refractivity contribution in [2.75, 3.05) is 32.8 Å². The smallest absolute Gasteiger partial charge is 0.434 e. The number of rotatable bonds is 4. The molecule has 0 aromatic heterocycles. The van der Waals surface area contributed by atoms with E-state index in [0.717, 1.165) is 11.1 Å². The number of aryl methyl sites for hydroxylation is 2. The highest BCUT2D eigenvalue weighted by Gasteiger charge is 2.24. The van der Waals surface area contributed by atoms with Crippen molar-refractivity contribution in [2.24, 2.45) is 0 Å². The molecule has 2 aromatic rings. The van der Waals surface area contributed by atoms with Crippen molar-refractivity contribution >= 4 is 18.0 Å². The number of hydrogen-bond donors (Lipinski definition) is 0. The number of carbonyl (C=O) groups is 3. The molecule has 0 aliphatic carbocycles. The van der Waals surface area contributed by atoms with Gasteiger partial charge in [0.1, 0.15) is 5.75 Å². The number of nitrogens with zero attached hydrogens (tertiary/aromatic N) is 2. The lowest BCUT2D eigenvalue weighted by Gasteiger charge is -2.22. The van der Waals surface area contributed by atoms with E-state index in [2.05, 4.69) is 0 Å². The van der Waals surface area contributed by atoms with Gasteiger partial charge < -0.3 is 19.3 Å². The lowest BCUT2D eigenvalue weighted by molar-refractivity contribution is 0.0718. The van der Waals surface area contributed by atoms with Crippen LogP contribution in [0.3, 0.4) is 0 Å². The van der Waals surface area contributed by atoms with Crippen LogP contribution in [0.25, 0.3) is 0 Å². The fraction of sp³-hybridized carbons (Fsp3) is 0.375. The topological polar surface area (TPSA) is 76.2 Å². The van der Waals surface area contributed by atoms with E-state index in [9.17, 15) is 14.4 Å². The zero-order valence-electron chi connectivity index (χ0n) is 18.2. The van der Waals surface area contributed by atoms with E-state index in [1.807, 2.05) is 36.9 Å². The molecule has 1 aliphatic rings. The third-order valence-corrected chi connectivity index (χ3v) is 5.39. The zero-order chi connectivity index (χ0) is 22.4. The third-order valence-electron chi connectivity index (χ3n) is 5.39. The van der Waals surface area contributed by atoms with Gasteiger partial charge in [-0.1, -0.05) is 6.07 Å². The van der Waals surface area contributed by atoms with Gasteiger partial charge in [-0.15, -0.1) is 0 Å². The van der Waals surface area contributed by atoms with Crippen LogP contribution in [0.15, 0.2) is 42.5 Å². The summed E-state index contributed by atoms with van der Waals surface area (Å²) in [5.74, 6) is 0.206. The fourth-order valence-electron chi connectivity index (χ4n) is 3.47. The molecule has 0 saturated carbocycles. The molecule has 1 fully saturated rings. The first-order valence-electron chi connectivity index (χ1n) is 10.5. The monoisotopic (exact) mass is 424 g/mol. The number of carbonyl (C=O) groups excluding carboxylic acids is 3. The molecule has 0 unspecified atom stereocenters. The normalized spacial score (nSPS) is 14.0. The Kier molecular flexibility index (Phi) is 7.28. The Morgan fingerprint density at radius 2 is 1.39 bits per heavy atom. The maximum Gasteiger partial charge on any atom is 0.513 e. The van der Waals surface area contributed by atoms with Gasteiger partial charge >= 0.3 is 6.16 Å². The minimum Gasteiger partial charge on any atom is -0.434 e. The van der Waals surface area contributed by atoms with E-state index in [-0.39, 0.29) is 18.4 Å². The molecular weight excluding hydrogens is 396 g/mol. The van der Waals surface area contributed by atoms with Crippen LogP contribution in [0.2, 0.25) is 0 Å². The van der Waals surface area contributed by atoms with Gasteiger partial charge in [0.2, 0.25) is 0 Å². The van der Waals surface area contributed by atoms with E-state index >= 15 is 0 Å². The van der Waals surface area contributed by atoms with Crippen molar-refractivity contribution in [2.45, 2.75) is 27.2 Å². The van der Waals surface area contributed by atoms with Crippen molar-refractivity contribution in [3.8, 4) is 5.75 Å². The van der Waals surface area contributed by atoms with Crippen LogP contribution in [0.5, 0.6) is 5.75 Å². The number of ether oxygens (including phenoxy) is 2. The molecular formula is C24H28N2O5. The average molecular weight is 424 g/mol. The number of benzene rings is 2. The minimum atomic E-state index is -0.775. The standard InChI is InChI=1S/C24H28N2O5/c1-4-30-24(29)31-21-10-8-19(9-11-21)22(27)25-12-5-13-26(15-14-25)23(28)20-7-6-17(2)18(3)16-20/h6-11,16H,4-5,12-15H2,1-3H3. The predicted molar refractivity (Wildman–Crippen MR) is 116 cm³/mol. The molecule has 1 saturated heterocycles. The number of amides is 2. The van der Waals surface area contributed by atoms with E-state index in [1.165, 1.54) is 0 Å². The molecule has 0 bridgehead atoms. The van der Waals surface area contributed by atoms with Crippen molar-refractivity contribution < 1.29 is 23.9 Å². The summed E-state index contributed by atoms with van der Waals surface area (Å²) in [7, 11) is 0.